The van der Waals surface area contributed by atoms with Crippen LogP contribution in [0.2, 0.25) is 10.0 Å². The van der Waals surface area contributed by atoms with Crippen LogP contribution >= 0.6 is 23.2 Å². The molecule has 0 atom stereocenters. The molecule has 0 saturated heterocycles. The lowest BCUT2D eigenvalue weighted by Gasteiger charge is -2.18. The highest BCUT2D eigenvalue weighted by atomic mass is 35.5. The highest BCUT2D eigenvalue weighted by Crippen LogP contribution is 2.31. The molecule has 11 heteroatoms. The van der Waals surface area contributed by atoms with Crippen LogP contribution in [-0.2, 0) is 21.0 Å². The molecule has 0 spiro atoms. The normalized spacial score (nSPS) is 12.3. The number of rotatable bonds is 5. The summed E-state index contributed by atoms with van der Waals surface area (Å²) in [6.07, 6.45) is -4.57. The second-order valence-electron chi connectivity index (χ2n) is 5.46. The van der Waals surface area contributed by atoms with Crippen molar-refractivity contribution in [1.82, 2.24) is 4.31 Å². The number of likely N-dealkylation sites (N-methyl/N-ethyl adjacent to an activating group) is 1. The van der Waals surface area contributed by atoms with Gasteiger partial charge in [-0.05, 0) is 36.4 Å². The Morgan fingerprint density at radius 1 is 1.15 bits per heavy atom. The van der Waals surface area contributed by atoms with Gasteiger partial charge < -0.3 is 5.32 Å². The van der Waals surface area contributed by atoms with Gasteiger partial charge in [-0.15, -0.1) is 0 Å². The minimum Gasteiger partial charge on any atom is -0.325 e. The molecule has 0 aromatic heterocycles. The van der Waals surface area contributed by atoms with Crippen molar-refractivity contribution >= 4 is 44.8 Å². The van der Waals surface area contributed by atoms with E-state index in [-0.39, 0.29) is 20.6 Å². The number of benzene rings is 2. The maximum Gasteiger partial charge on any atom is 0.416 e. The lowest BCUT2D eigenvalue weighted by Crippen LogP contribution is -2.35. The average Bonchev–Trinajstić information content (AvgIpc) is 2.56. The van der Waals surface area contributed by atoms with Gasteiger partial charge in [-0.3, -0.25) is 4.79 Å². The molecule has 0 bridgehead atoms. The minimum atomic E-state index is -4.57. The van der Waals surface area contributed by atoms with E-state index in [9.17, 15) is 26.4 Å². The molecule has 1 amide bonds. The summed E-state index contributed by atoms with van der Waals surface area (Å²) in [7, 11) is -3.00. The van der Waals surface area contributed by atoms with E-state index in [1.165, 1.54) is 18.2 Å². The van der Waals surface area contributed by atoms with Crippen molar-refractivity contribution < 1.29 is 26.4 Å². The minimum absolute atomic E-state index is 0.0791. The summed E-state index contributed by atoms with van der Waals surface area (Å²) in [6.45, 7) is -0.637. The maximum absolute atomic E-state index is 12.7. The van der Waals surface area contributed by atoms with Crippen molar-refractivity contribution in [3.8, 4) is 0 Å². The number of carbonyl (C=O) groups is 1. The summed E-state index contributed by atoms with van der Waals surface area (Å²) in [6, 6.07) is 7.84. The topological polar surface area (TPSA) is 66.5 Å². The van der Waals surface area contributed by atoms with Crippen molar-refractivity contribution in [3.63, 3.8) is 0 Å². The Morgan fingerprint density at radius 3 is 2.44 bits per heavy atom. The van der Waals surface area contributed by atoms with Crippen LogP contribution in [0.25, 0.3) is 0 Å². The second kappa shape index (κ2) is 8.05. The molecular formula is C16H13Cl2F3N2O3S. The number of nitrogens with zero attached hydrogens (tertiary/aromatic N) is 1. The van der Waals surface area contributed by atoms with Crippen molar-refractivity contribution in [2.45, 2.75) is 11.1 Å². The van der Waals surface area contributed by atoms with Crippen molar-refractivity contribution in [1.29, 1.82) is 0 Å². The van der Waals surface area contributed by atoms with Crippen LogP contribution in [0.5, 0.6) is 0 Å². The highest BCUT2D eigenvalue weighted by molar-refractivity contribution is 7.89. The molecular weight excluding hydrogens is 428 g/mol. The van der Waals surface area contributed by atoms with Crippen LogP contribution in [0.15, 0.2) is 47.4 Å². The first-order valence-corrected chi connectivity index (χ1v) is 9.49. The van der Waals surface area contributed by atoms with Gasteiger partial charge in [-0.1, -0.05) is 29.3 Å². The predicted molar refractivity (Wildman–Crippen MR) is 96.4 cm³/mol. The lowest BCUT2D eigenvalue weighted by atomic mass is 10.2. The van der Waals surface area contributed by atoms with Gasteiger partial charge in [0.1, 0.15) is 4.90 Å². The van der Waals surface area contributed by atoms with Gasteiger partial charge >= 0.3 is 6.18 Å². The Balaban J connectivity index is 2.15. The van der Waals surface area contributed by atoms with Crippen LogP contribution in [0.4, 0.5) is 18.9 Å². The number of hydrogen-bond donors (Lipinski definition) is 1. The van der Waals surface area contributed by atoms with Gasteiger partial charge in [0.05, 0.1) is 17.1 Å². The summed E-state index contributed by atoms with van der Waals surface area (Å²) in [5.41, 5.74) is -1.05. The third kappa shape index (κ3) is 5.35. The molecule has 0 aliphatic carbocycles. The number of halogens is 5. The number of nitrogens with one attached hydrogen (secondary N) is 1. The summed E-state index contributed by atoms with van der Waals surface area (Å²) in [4.78, 5) is 11.8. The fourth-order valence-corrected chi connectivity index (χ4v) is 3.96. The van der Waals surface area contributed by atoms with Crippen LogP contribution in [0.3, 0.4) is 0 Å². The smallest absolute Gasteiger partial charge is 0.325 e. The molecule has 5 nitrogen and oxygen atoms in total. The molecule has 0 aliphatic rings. The zero-order valence-corrected chi connectivity index (χ0v) is 16.0. The first-order chi connectivity index (χ1) is 12.4. The van der Waals surface area contributed by atoms with Gasteiger partial charge in [-0.2, -0.15) is 17.5 Å². The zero-order chi connectivity index (χ0) is 20.4. The largest absolute Gasteiger partial charge is 0.416 e. The van der Waals surface area contributed by atoms with Crippen molar-refractivity contribution in [3.05, 3.63) is 58.1 Å². The van der Waals surface area contributed by atoms with Crippen LogP contribution in [0.1, 0.15) is 5.56 Å². The van der Waals surface area contributed by atoms with E-state index in [4.69, 9.17) is 23.2 Å². The lowest BCUT2D eigenvalue weighted by molar-refractivity contribution is -0.137. The molecule has 0 saturated carbocycles. The van der Waals surface area contributed by atoms with Gasteiger partial charge in [0.25, 0.3) is 0 Å². The highest BCUT2D eigenvalue weighted by Gasteiger charge is 2.31. The first-order valence-electron chi connectivity index (χ1n) is 7.30. The van der Waals surface area contributed by atoms with E-state index in [0.717, 1.165) is 31.3 Å². The van der Waals surface area contributed by atoms with E-state index in [2.05, 4.69) is 5.32 Å². The zero-order valence-electron chi connectivity index (χ0n) is 13.7. The molecule has 0 unspecified atom stereocenters. The van der Waals surface area contributed by atoms with Crippen molar-refractivity contribution in [2.75, 3.05) is 18.9 Å². The standard InChI is InChI=1S/C16H13Cl2F3N2O3S/c1-23(27(25,26)14-8-11(17)5-6-13(14)18)9-15(24)22-12-4-2-3-10(7-12)16(19,20)21/h2-8H,9H2,1H3,(H,22,24). The summed E-state index contributed by atoms with van der Waals surface area (Å²) in [5, 5.41) is 2.29. The quantitative estimate of drug-likeness (QED) is 0.754. The summed E-state index contributed by atoms with van der Waals surface area (Å²) in [5.74, 6) is -0.821. The fourth-order valence-electron chi connectivity index (χ4n) is 2.10. The molecule has 27 heavy (non-hydrogen) atoms. The van der Waals surface area contributed by atoms with E-state index < -0.39 is 34.2 Å². The van der Waals surface area contributed by atoms with Crippen molar-refractivity contribution in [2.24, 2.45) is 0 Å². The Hall–Kier alpha value is -1.81. The number of amides is 1. The number of anilines is 1. The second-order valence-corrected chi connectivity index (χ2v) is 8.32. The number of hydrogen-bond acceptors (Lipinski definition) is 3. The van der Waals surface area contributed by atoms with E-state index in [0.29, 0.717) is 4.31 Å². The number of carbonyl (C=O) groups excluding carboxylic acids is 1. The summed E-state index contributed by atoms with van der Waals surface area (Å²) >= 11 is 11.7. The number of alkyl halides is 3. The molecule has 2 rings (SSSR count). The third-order valence-electron chi connectivity index (χ3n) is 3.42. The monoisotopic (exact) mass is 440 g/mol. The maximum atomic E-state index is 12.7. The molecule has 2 aromatic carbocycles. The summed E-state index contributed by atoms with van der Waals surface area (Å²) < 4.78 is 63.9. The van der Waals surface area contributed by atoms with Gasteiger partial charge in [0, 0.05) is 17.8 Å². The van der Waals surface area contributed by atoms with Gasteiger partial charge in [0.2, 0.25) is 15.9 Å². The Morgan fingerprint density at radius 2 is 1.81 bits per heavy atom. The molecule has 2 aromatic rings. The van der Waals surface area contributed by atoms with E-state index in [1.54, 1.807) is 0 Å². The van der Waals surface area contributed by atoms with E-state index in [1.807, 2.05) is 0 Å². The number of sulfonamides is 1. The average molecular weight is 441 g/mol. The predicted octanol–water partition coefficient (Wildman–Crippen LogP) is 4.27. The molecule has 0 heterocycles. The molecule has 1 N–H and O–H groups in total. The van der Waals surface area contributed by atoms with Gasteiger partial charge in [-0.25, -0.2) is 8.42 Å². The molecule has 0 aliphatic heterocycles. The Labute approximate surface area is 163 Å². The third-order valence-corrected chi connectivity index (χ3v) is 5.94. The molecule has 146 valence electrons. The van der Waals surface area contributed by atoms with Crippen LogP contribution < -0.4 is 5.32 Å². The van der Waals surface area contributed by atoms with Crippen LogP contribution in [0, 0.1) is 0 Å². The SMILES string of the molecule is CN(CC(=O)Nc1cccc(C(F)(F)F)c1)S(=O)(=O)c1cc(Cl)ccc1Cl. The Kier molecular flexibility index (Phi) is 6.41. The van der Waals surface area contributed by atoms with E-state index >= 15 is 0 Å². The van der Waals surface area contributed by atoms with Crippen LogP contribution in [-0.4, -0.2) is 32.2 Å². The fraction of sp³-hybridized carbons (Fsp3) is 0.188. The molecule has 0 fully saturated rings. The Bertz CT molecular complexity index is 966. The molecule has 0 radical (unpaired) electrons. The first kappa shape index (κ1) is 21.5. The van der Waals surface area contributed by atoms with Gasteiger partial charge in [0.15, 0.2) is 0 Å².